The molecule has 5 nitrogen and oxygen atoms in total. The maximum atomic E-state index is 11.2. The molecule has 4 N–H and O–H groups in total. The van der Waals surface area contributed by atoms with E-state index in [4.69, 9.17) is 11.5 Å². The van der Waals surface area contributed by atoms with Crippen LogP contribution in [0.2, 0.25) is 0 Å². The second kappa shape index (κ2) is 4.75. The van der Waals surface area contributed by atoms with Gasteiger partial charge in [0, 0.05) is 12.7 Å². The highest BCUT2D eigenvalue weighted by molar-refractivity contribution is 5.98. The number of rotatable bonds is 3. The predicted octanol–water partition coefficient (Wildman–Crippen LogP) is 1.53. The van der Waals surface area contributed by atoms with Crippen molar-refractivity contribution in [3.63, 3.8) is 0 Å². The number of hydrogen-bond donors (Lipinski definition) is 2. The molecule has 2 rings (SSSR count). The molecule has 0 aliphatic heterocycles. The van der Waals surface area contributed by atoms with Crippen molar-refractivity contribution in [1.29, 1.82) is 0 Å². The number of primary amides is 1. The Hall–Kier alpha value is -2.56. The van der Waals surface area contributed by atoms with E-state index in [0.29, 0.717) is 5.82 Å². The standard InChI is InChI=1S/C13H14N4O/c1-17(9-5-3-2-4-6-9)12-7-10(13(15)18)11(14)8-16-12/h2-8H,14H2,1H3,(H2,15,18). The minimum absolute atomic E-state index is 0.280. The first-order chi connectivity index (χ1) is 8.59. The molecule has 1 heterocycles. The topological polar surface area (TPSA) is 85.2 Å². The van der Waals surface area contributed by atoms with Crippen LogP contribution in [0.5, 0.6) is 0 Å². The Balaban J connectivity index is 2.40. The fourth-order valence-electron chi connectivity index (χ4n) is 1.64. The fourth-order valence-corrected chi connectivity index (χ4v) is 1.64. The molecule has 1 aromatic heterocycles. The number of nitrogen functional groups attached to an aromatic ring is 1. The Kier molecular flexibility index (Phi) is 3.14. The van der Waals surface area contributed by atoms with Crippen LogP contribution in [0.15, 0.2) is 42.6 Å². The van der Waals surface area contributed by atoms with Gasteiger partial charge < -0.3 is 16.4 Å². The summed E-state index contributed by atoms with van der Waals surface area (Å²) in [5.74, 6) is 0.0572. The summed E-state index contributed by atoms with van der Waals surface area (Å²) in [4.78, 5) is 17.3. The zero-order chi connectivity index (χ0) is 13.1. The van der Waals surface area contributed by atoms with E-state index in [1.165, 1.54) is 6.20 Å². The van der Waals surface area contributed by atoms with Crippen molar-refractivity contribution in [2.45, 2.75) is 0 Å². The van der Waals surface area contributed by atoms with Crippen LogP contribution in [0.1, 0.15) is 10.4 Å². The summed E-state index contributed by atoms with van der Waals surface area (Å²) in [5.41, 5.74) is 12.4. The monoisotopic (exact) mass is 242 g/mol. The predicted molar refractivity (Wildman–Crippen MR) is 71.7 cm³/mol. The molecular weight excluding hydrogens is 228 g/mol. The molecule has 0 radical (unpaired) electrons. The molecule has 0 aliphatic carbocycles. The van der Waals surface area contributed by atoms with E-state index in [1.807, 2.05) is 42.3 Å². The van der Waals surface area contributed by atoms with Crippen LogP contribution in [-0.2, 0) is 0 Å². The fraction of sp³-hybridized carbons (Fsp3) is 0.0769. The lowest BCUT2D eigenvalue weighted by Gasteiger charge is -2.19. The van der Waals surface area contributed by atoms with Gasteiger partial charge in [0.1, 0.15) is 5.82 Å². The van der Waals surface area contributed by atoms with Gasteiger partial charge in [-0.1, -0.05) is 18.2 Å². The lowest BCUT2D eigenvalue weighted by Crippen LogP contribution is -2.17. The number of pyridine rings is 1. The van der Waals surface area contributed by atoms with Crippen LogP contribution in [-0.4, -0.2) is 17.9 Å². The zero-order valence-electron chi connectivity index (χ0n) is 10.00. The number of carbonyl (C=O) groups is 1. The average molecular weight is 242 g/mol. The quantitative estimate of drug-likeness (QED) is 0.854. The second-order valence-corrected chi connectivity index (χ2v) is 3.89. The van der Waals surface area contributed by atoms with E-state index in [2.05, 4.69) is 4.98 Å². The van der Waals surface area contributed by atoms with Gasteiger partial charge in [-0.15, -0.1) is 0 Å². The summed E-state index contributed by atoms with van der Waals surface area (Å²) in [6.07, 6.45) is 1.44. The molecule has 18 heavy (non-hydrogen) atoms. The minimum Gasteiger partial charge on any atom is -0.397 e. The van der Waals surface area contributed by atoms with Crippen LogP contribution < -0.4 is 16.4 Å². The number of aromatic nitrogens is 1. The number of nitrogens with zero attached hydrogens (tertiary/aromatic N) is 2. The lowest BCUT2D eigenvalue weighted by molar-refractivity contribution is 0.100. The summed E-state index contributed by atoms with van der Waals surface area (Å²) in [6, 6.07) is 11.3. The summed E-state index contributed by atoms with van der Waals surface area (Å²) in [5, 5.41) is 0. The van der Waals surface area contributed by atoms with Gasteiger partial charge in [-0.05, 0) is 18.2 Å². The summed E-state index contributed by atoms with van der Waals surface area (Å²) in [7, 11) is 1.86. The smallest absolute Gasteiger partial charge is 0.250 e. The maximum Gasteiger partial charge on any atom is 0.250 e. The van der Waals surface area contributed by atoms with Crippen LogP contribution >= 0.6 is 0 Å². The Morgan fingerprint density at radius 1 is 1.28 bits per heavy atom. The first kappa shape index (κ1) is 11.9. The van der Waals surface area contributed by atoms with E-state index in [9.17, 15) is 4.79 Å². The van der Waals surface area contributed by atoms with E-state index in [-0.39, 0.29) is 11.3 Å². The Morgan fingerprint density at radius 3 is 2.56 bits per heavy atom. The highest BCUT2D eigenvalue weighted by Crippen LogP contribution is 2.23. The summed E-state index contributed by atoms with van der Waals surface area (Å²) in [6.45, 7) is 0. The first-order valence-corrected chi connectivity index (χ1v) is 5.43. The van der Waals surface area contributed by atoms with Gasteiger partial charge in [0.2, 0.25) is 0 Å². The number of para-hydroxylation sites is 1. The minimum atomic E-state index is -0.558. The van der Waals surface area contributed by atoms with Gasteiger partial charge in [0.05, 0.1) is 17.4 Å². The SMILES string of the molecule is CN(c1ccccc1)c1cc(C(N)=O)c(N)cn1. The van der Waals surface area contributed by atoms with Crippen molar-refractivity contribution in [2.75, 3.05) is 17.7 Å². The molecule has 5 heteroatoms. The molecule has 0 fully saturated rings. The number of anilines is 3. The van der Waals surface area contributed by atoms with Gasteiger partial charge in [0.15, 0.2) is 0 Å². The Labute approximate surface area is 105 Å². The van der Waals surface area contributed by atoms with Crippen molar-refractivity contribution in [1.82, 2.24) is 4.98 Å². The molecule has 0 saturated heterocycles. The van der Waals surface area contributed by atoms with E-state index in [0.717, 1.165) is 5.69 Å². The van der Waals surface area contributed by atoms with Crippen molar-refractivity contribution in [3.8, 4) is 0 Å². The van der Waals surface area contributed by atoms with Crippen LogP contribution in [0, 0.1) is 0 Å². The number of hydrogen-bond acceptors (Lipinski definition) is 4. The van der Waals surface area contributed by atoms with E-state index in [1.54, 1.807) is 6.07 Å². The van der Waals surface area contributed by atoms with Crippen LogP contribution in [0.3, 0.4) is 0 Å². The highest BCUT2D eigenvalue weighted by atomic mass is 16.1. The summed E-state index contributed by atoms with van der Waals surface area (Å²) >= 11 is 0. The van der Waals surface area contributed by atoms with Crippen molar-refractivity contribution < 1.29 is 4.79 Å². The average Bonchev–Trinajstić information content (AvgIpc) is 2.39. The summed E-state index contributed by atoms with van der Waals surface area (Å²) < 4.78 is 0. The third-order valence-electron chi connectivity index (χ3n) is 2.67. The molecule has 92 valence electrons. The van der Waals surface area contributed by atoms with Crippen LogP contribution in [0.4, 0.5) is 17.2 Å². The van der Waals surface area contributed by atoms with E-state index >= 15 is 0 Å². The molecule has 0 unspecified atom stereocenters. The molecule has 0 saturated carbocycles. The second-order valence-electron chi connectivity index (χ2n) is 3.89. The lowest BCUT2D eigenvalue weighted by atomic mass is 10.2. The maximum absolute atomic E-state index is 11.2. The first-order valence-electron chi connectivity index (χ1n) is 5.43. The molecule has 0 spiro atoms. The third-order valence-corrected chi connectivity index (χ3v) is 2.67. The largest absolute Gasteiger partial charge is 0.397 e. The molecule has 1 aromatic carbocycles. The highest BCUT2D eigenvalue weighted by Gasteiger charge is 2.11. The zero-order valence-corrected chi connectivity index (χ0v) is 10.00. The molecule has 2 aromatic rings. The number of benzene rings is 1. The molecule has 0 atom stereocenters. The van der Waals surface area contributed by atoms with E-state index < -0.39 is 5.91 Å². The van der Waals surface area contributed by atoms with Gasteiger partial charge >= 0.3 is 0 Å². The molecule has 0 bridgehead atoms. The van der Waals surface area contributed by atoms with Gasteiger partial charge in [0.25, 0.3) is 5.91 Å². The van der Waals surface area contributed by atoms with Gasteiger partial charge in [-0.25, -0.2) is 4.98 Å². The number of nitrogens with two attached hydrogens (primary N) is 2. The molecule has 0 aliphatic rings. The van der Waals surface area contributed by atoms with Crippen LogP contribution in [0.25, 0.3) is 0 Å². The van der Waals surface area contributed by atoms with Crippen molar-refractivity contribution in [3.05, 3.63) is 48.2 Å². The van der Waals surface area contributed by atoms with Gasteiger partial charge in [-0.2, -0.15) is 0 Å². The van der Waals surface area contributed by atoms with Crippen molar-refractivity contribution >= 4 is 23.1 Å². The van der Waals surface area contributed by atoms with Gasteiger partial charge in [-0.3, -0.25) is 4.79 Å². The number of carbonyl (C=O) groups excluding carboxylic acids is 1. The Morgan fingerprint density at radius 2 is 1.94 bits per heavy atom. The van der Waals surface area contributed by atoms with Crippen molar-refractivity contribution in [2.24, 2.45) is 5.73 Å². The normalized spacial score (nSPS) is 10.1. The molecule has 1 amide bonds. The Bertz CT molecular complexity index is 568. The number of amides is 1. The third kappa shape index (κ3) is 2.24. The molecular formula is C13H14N4O.